The number of phenols is 1. The van der Waals surface area contributed by atoms with E-state index in [1.54, 1.807) is 12.1 Å². The van der Waals surface area contributed by atoms with E-state index in [-0.39, 0.29) is 12.2 Å². The van der Waals surface area contributed by atoms with Crippen molar-refractivity contribution in [3.05, 3.63) is 23.8 Å². The molecule has 4 nitrogen and oxygen atoms in total. The number of aromatic hydroxyl groups is 1. The maximum Gasteiger partial charge on any atom is 0.320 e. The fourth-order valence-electron chi connectivity index (χ4n) is 1.17. The minimum atomic E-state index is -1.07. The molecule has 0 aliphatic rings. The molecule has 0 heterocycles. The second kappa shape index (κ2) is 5.04. The van der Waals surface area contributed by atoms with Crippen molar-refractivity contribution in [2.45, 2.75) is 17.4 Å². The molecule has 15 heavy (non-hydrogen) atoms. The van der Waals surface area contributed by atoms with E-state index >= 15 is 0 Å². The van der Waals surface area contributed by atoms with Crippen LogP contribution in [0.5, 0.6) is 5.75 Å². The lowest BCUT2D eigenvalue weighted by molar-refractivity contribution is -0.138. The van der Waals surface area contributed by atoms with Gasteiger partial charge in [0.15, 0.2) is 0 Å². The number of aliphatic carboxylic acids is 1. The lowest BCUT2D eigenvalue weighted by Gasteiger charge is -2.09. The third-order valence-corrected chi connectivity index (χ3v) is 2.77. The first-order valence-electron chi connectivity index (χ1n) is 4.39. The topological polar surface area (TPSA) is 83.6 Å². The number of hydrogen-bond acceptors (Lipinski definition) is 4. The zero-order chi connectivity index (χ0) is 11.4. The fourth-order valence-corrected chi connectivity index (χ4v) is 1.60. The zero-order valence-corrected chi connectivity index (χ0v) is 9.12. The van der Waals surface area contributed by atoms with Gasteiger partial charge in [-0.05, 0) is 24.0 Å². The molecule has 1 unspecified atom stereocenters. The van der Waals surface area contributed by atoms with Gasteiger partial charge in [-0.1, -0.05) is 6.07 Å². The average Bonchev–Trinajstić information content (AvgIpc) is 2.20. The van der Waals surface area contributed by atoms with E-state index < -0.39 is 12.0 Å². The van der Waals surface area contributed by atoms with E-state index in [0.29, 0.717) is 5.56 Å². The van der Waals surface area contributed by atoms with Crippen LogP contribution in [-0.4, -0.2) is 28.5 Å². The molecule has 0 fully saturated rings. The van der Waals surface area contributed by atoms with Crippen LogP contribution in [0.25, 0.3) is 0 Å². The van der Waals surface area contributed by atoms with Gasteiger partial charge >= 0.3 is 5.97 Å². The summed E-state index contributed by atoms with van der Waals surface area (Å²) >= 11 is 1.51. The van der Waals surface area contributed by atoms with Gasteiger partial charge in [0.2, 0.25) is 0 Å². The van der Waals surface area contributed by atoms with Gasteiger partial charge in [0.1, 0.15) is 11.8 Å². The van der Waals surface area contributed by atoms with Crippen molar-refractivity contribution in [2.75, 3.05) is 6.26 Å². The lowest BCUT2D eigenvalue weighted by Crippen LogP contribution is -2.32. The van der Waals surface area contributed by atoms with E-state index in [9.17, 15) is 9.90 Å². The molecule has 0 bridgehead atoms. The Morgan fingerprint density at radius 1 is 1.60 bits per heavy atom. The van der Waals surface area contributed by atoms with Crippen molar-refractivity contribution in [1.82, 2.24) is 0 Å². The van der Waals surface area contributed by atoms with E-state index in [4.69, 9.17) is 10.8 Å². The Labute approximate surface area is 92.1 Å². The van der Waals surface area contributed by atoms with Crippen molar-refractivity contribution in [3.63, 3.8) is 0 Å². The summed E-state index contributed by atoms with van der Waals surface area (Å²) in [6, 6.07) is 4.16. The molecule has 1 rings (SSSR count). The fraction of sp³-hybridized carbons (Fsp3) is 0.300. The Balaban J connectivity index is 2.82. The van der Waals surface area contributed by atoms with Gasteiger partial charge in [-0.15, -0.1) is 11.8 Å². The summed E-state index contributed by atoms with van der Waals surface area (Å²) in [6.07, 6.45) is 2.03. The highest BCUT2D eigenvalue weighted by Gasteiger charge is 2.14. The molecule has 4 N–H and O–H groups in total. The average molecular weight is 227 g/mol. The molecule has 1 aromatic carbocycles. The maximum atomic E-state index is 10.5. The number of nitrogens with two attached hydrogens (primary N) is 1. The van der Waals surface area contributed by atoms with E-state index in [2.05, 4.69) is 0 Å². The summed E-state index contributed by atoms with van der Waals surface area (Å²) in [6.45, 7) is 0. The predicted octanol–water partition coefficient (Wildman–Crippen LogP) is 1.07. The first-order valence-corrected chi connectivity index (χ1v) is 5.61. The number of benzene rings is 1. The van der Waals surface area contributed by atoms with Crippen molar-refractivity contribution >= 4 is 17.7 Å². The van der Waals surface area contributed by atoms with Crippen molar-refractivity contribution < 1.29 is 15.0 Å². The first-order chi connectivity index (χ1) is 7.04. The highest BCUT2D eigenvalue weighted by Crippen LogP contribution is 2.24. The Morgan fingerprint density at radius 3 is 2.73 bits per heavy atom. The van der Waals surface area contributed by atoms with Crippen molar-refractivity contribution in [2.24, 2.45) is 5.73 Å². The quantitative estimate of drug-likeness (QED) is 0.670. The second-order valence-electron chi connectivity index (χ2n) is 3.14. The Morgan fingerprint density at radius 2 is 2.27 bits per heavy atom. The van der Waals surface area contributed by atoms with Gasteiger partial charge in [0.25, 0.3) is 0 Å². The maximum absolute atomic E-state index is 10.5. The van der Waals surface area contributed by atoms with Crippen LogP contribution in [0.1, 0.15) is 5.56 Å². The number of thioether (sulfide) groups is 1. The summed E-state index contributed by atoms with van der Waals surface area (Å²) < 4.78 is 0. The molecule has 1 aromatic rings. The predicted molar refractivity (Wildman–Crippen MR) is 59.2 cm³/mol. The van der Waals surface area contributed by atoms with E-state index in [1.807, 2.05) is 12.3 Å². The van der Waals surface area contributed by atoms with Gasteiger partial charge in [-0.3, -0.25) is 4.79 Å². The molecule has 5 heteroatoms. The summed E-state index contributed by atoms with van der Waals surface area (Å²) in [7, 11) is 0. The number of carbonyl (C=O) groups is 1. The van der Waals surface area contributed by atoms with Gasteiger partial charge in [0.05, 0.1) is 0 Å². The summed E-state index contributed by atoms with van der Waals surface area (Å²) in [5, 5.41) is 18.2. The third-order valence-electron chi connectivity index (χ3n) is 2.05. The smallest absolute Gasteiger partial charge is 0.320 e. The van der Waals surface area contributed by atoms with Crippen LogP contribution >= 0.6 is 11.8 Å². The largest absolute Gasteiger partial charge is 0.508 e. The normalized spacial score (nSPS) is 12.4. The lowest BCUT2D eigenvalue weighted by atomic mass is 10.1. The van der Waals surface area contributed by atoms with Crippen molar-refractivity contribution in [1.29, 1.82) is 0 Å². The van der Waals surface area contributed by atoms with Gasteiger partial charge in [-0.2, -0.15) is 0 Å². The van der Waals surface area contributed by atoms with Crippen LogP contribution in [0.2, 0.25) is 0 Å². The van der Waals surface area contributed by atoms with Crippen LogP contribution in [0.4, 0.5) is 0 Å². The minimum absolute atomic E-state index is 0.0959. The van der Waals surface area contributed by atoms with Gasteiger partial charge in [-0.25, -0.2) is 0 Å². The number of carboxylic acids is 1. The van der Waals surface area contributed by atoms with Crippen LogP contribution in [0.3, 0.4) is 0 Å². The highest BCUT2D eigenvalue weighted by molar-refractivity contribution is 7.98. The molecule has 0 spiro atoms. The van der Waals surface area contributed by atoms with E-state index in [1.165, 1.54) is 11.8 Å². The Kier molecular flexibility index (Phi) is 3.99. The standard InChI is InChI=1S/C10H13NO3S/c1-15-7-3-2-6(9(12)5-7)4-8(11)10(13)14/h2-3,5,8,12H,4,11H2,1H3,(H,13,14). The number of rotatable bonds is 4. The number of carboxylic acid groups (broad SMARTS) is 1. The molecule has 82 valence electrons. The highest BCUT2D eigenvalue weighted by atomic mass is 32.2. The second-order valence-corrected chi connectivity index (χ2v) is 4.02. The van der Waals surface area contributed by atoms with Crippen LogP contribution in [0, 0.1) is 0 Å². The molecule has 0 saturated heterocycles. The number of hydrogen-bond donors (Lipinski definition) is 3. The summed E-state index contributed by atoms with van der Waals surface area (Å²) in [5.41, 5.74) is 5.93. The SMILES string of the molecule is CSc1ccc(CC(N)C(=O)O)c(O)c1. The third kappa shape index (κ3) is 3.14. The summed E-state index contributed by atoms with van der Waals surface area (Å²) in [4.78, 5) is 11.5. The summed E-state index contributed by atoms with van der Waals surface area (Å²) in [5.74, 6) is -0.970. The zero-order valence-electron chi connectivity index (χ0n) is 8.30. The number of phenolic OH excluding ortho intramolecular Hbond substituents is 1. The van der Waals surface area contributed by atoms with Crippen molar-refractivity contribution in [3.8, 4) is 5.75 Å². The molecule has 1 atom stereocenters. The van der Waals surface area contributed by atoms with Gasteiger partial charge in [0, 0.05) is 11.3 Å². The molecular weight excluding hydrogens is 214 g/mol. The molecule has 0 aliphatic heterocycles. The van der Waals surface area contributed by atoms with Crippen LogP contribution in [-0.2, 0) is 11.2 Å². The minimum Gasteiger partial charge on any atom is -0.508 e. The first kappa shape index (κ1) is 11.9. The van der Waals surface area contributed by atoms with E-state index in [0.717, 1.165) is 4.90 Å². The molecule has 0 aromatic heterocycles. The molecule has 0 saturated carbocycles. The Bertz CT molecular complexity index is 368. The molecule has 0 radical (unpaired) electrons. The monoisotopic (exact) mass is 227 g/mol. The van der Waals surface area contributed by atoms with Crippen LogP contribution < -0.4 is 5.73 Å². The molecular formula is C10H13NO3S. The van der Waals surface area contributed by atoms with Crippen LogP contribution in [0.15, 0.2) is 23.1 Å². The van der Waals surface area contributed by atoms with Gasteiger partial charge < -0.3 is 15.9 Å². The molecule has 0 amide bonds. The Hall–Kier alpha value is -1.20. The molecule has 0 aliphatic carbocycles.